The van der Waals surface area contributed by atoms with Gasteiger partial charge in [0.15, 0.2) is 0 Å². The molecule has 2 N–H and O–H groups in total. The zero-order chi connectivity index (χ0) is 16.4. The number of piperidine rings is 2. The Kier molecular flexibility index (Phi) is 5.02. The number of hydrogen-bond donors (Lipinski definition) is 1. The maximum Gasteiger partial charge on any atom is 0.240 e. The lowest BCUT2D eigenvalue weighted by atomic mass is 9.77. The first kappa shape index (κ1) is 16.5. The molecule has 3 atom stereocenters. The van der Waals surface area contributed by atoms with Crippen molar-refractivity contribution in [1.29, 1.82) is 0 Å². The van der Waals surface area contributed by atoms with Crippen LogP contribution >= 0.6 is 0 Å². The van der Waals surface area contributed by atoms with Gasteiger partial charge in [0.05, 0.1) is 12.4 Å². The molecule has 1 amide bonds. The molecule has 6 nitrogen and oxygen atoms in total. The first-order chi connectivity index (χ1) is 11.1. The zero-order valence-electron chi connectivity index (χ0n) is 14.3. The summed E-state index contributed by atoms with van der Waals surface area (Å²) in [5.74, 6) is 1.52. The highest BCUT2D eigenvalue weighted by molar-refractivity contribution is 5.81. The highest BCUT2D eigenvalue weighted by atomic mass is 16.2. The lowest BCUT2D eigenvalue weighted by Gasteiger charge is -2.44. The van der Waals surface area contributed by atoms with E-state index in [-0.39, 0.29) is 12.1 Å². The van der Waals surface area contributed by atoms with E-state index in [2.05, 4.69) is 21.5 Å². The van der Waals surface area contributed by atoms with E-state index >= 15 is 0 Å². The first-order valence-electron chi connectivity index (χ1n) is 8.78. The fourth-order valence-corrected chi connectivity index (χ4v) is 4.14. The fourth-order valence-electron chi connectivity index (χ4n) is 4.14. The Morgan fingerprint density at radius 2 is 1.91 bits per heavy atom. The lowest BCUT2D eigenvalue weighted by molar-refractivity contribution is -0.140. The van der Waals surface area contributed by atoms with Crippen LogP contribution in [0.2, 0.25) is 0 Å². The van der Waals surface area contributed by atoms with Gasteiger partial charge in [-0.3, -0.25) is 4.79 Å². The zero-order valence-corrected chi connectivity index (χ0v) is 14.3. The van der Waals surface area contributed by atoms with Crippen LogP contribution in [-0.4, -0.2) is 58.0 Å². The third-order valence-corrected chi connectivity index (χ3v) is 5.59. The van der Waals surface area contributed by atoms with E-state index < -0.39 is 6.04 Å². The molecule has 6 heteroatoms. The number of carbonyl (C=O) groups is 1. The molecule has 0 bridgehead atoms. The molecule has 3 heterocycles. The van der Waals surface area contributed by atoms with Crippen LogP contribution < -0.4 is 5.73 Å². The molecule has 23 heavy (non-hydrogen) atoms. The third kappa shape index (κ3) is 3.58. The molecule has 0 spiro atoms. The second-order valence-electron chi connectivity index (χ2n) is 7.24. The van der Waals surface area contributed by atoms with Gasteiger partial charge in [-0.1, -0.05) is 0 Å². The summed E-state index contributed by atoms with van der Waals surface area (Å²) in [4.78, 5) is 21.0. The number of rotatable bonds is 3. The SMILES string of the molecule is C[C@H](N)C(=O)N1CCC(C2CCN(C)CC2)CC1n1ccnc1. The second-order valence-corrected chi connectivity index (χ2v) is 7.24. The van der Waals surface area contributed by atoms with E-state index in [9.17, 15) is 4.79 Å². The molecule has 2 fully saturated rings. The number of aromatic nitrogens is 2. The maximum absolute atomic E-state index is 12.5. The van der Waals surface area contributed by atoms with E-state index in [0.717, 1.165) is 25.3 Å². The van der Waals surface area contributed by atoms with Gasteiger partial charge in [-0.05, 0) is 64.6 Å². The van der Waals surface area contributed by atoms with Crippen molar-refractivity contribution in [2.24, 2.45) is 17.6 Å². The van der Waals surface area contributed by atoms with E-state index in [1.165, 1.54) is 25.9 Å². The quantitative estimate of drug-likeness (QED) is 0.912. The van der Waals surface area contributed by atoms with Gasteiger partial charge in [0.1, 0.15) is 6.17 Å². The van der Waals surface area contributed by atoms with Crippen LogP contribution in [0.4, 0.5) is 0 Å². The Bertz CT molecular complexity index is 507. The number of likely N-dealkylation sites (tertiary alicyclic amines) is 2. The standard InChI is InChI=1S/C17H29N5O/c1-13(18)17(23)22-9-5-15(14-3-7-20(2)8-4-14)11-16(22)21-10-6-19-12-21/h6,10,12-16H,3-5,7-9,11,18H2,1-2H3/t13-,15?,16?/m0/s1. The van der Waals surface area contributed by atoms with Gasteiger partial charge in [-0.2, -0.15) is 0 Å². The molecule has 0 aromatic carbocycles. The van der Waals surface area contributed by atoms with Crippen molar-refractivity contribution in [1.82, 2.24) is 19.4 Å². The minimum Gasteiger partial charge on any atom is -0.320 e. The molecule has 128 valence electrons. The van der Waals surface area contributed by atoms with Crippen molar-refractivity contribution >= 4 is 5.91 Å². The van der Waals surface area contributed by atoms with Crippen LogP contribution in [-0.2, 0) is 4.79 Å². The molecular weight excluding hydrogens is 290 g/mol. The molecule has 0 saturated carbocycles. The van der Waals surface area contributed by atoms with Crippen LogP contribution in [0, 0.1) is 11.8 Å². The Hall–Kier alpha value is -1.40. The molecule has 2 unspecified atom stereocenters. The van der Waals surface area contributed by atoms with Gasteiger partial charge in [-0.15, -0.1) is 0 Å². The average molecular weight is 319 g/mol. The summed E-state index contributed by atoms with van der Waals surface area (Å²) in [6.45, 7) is 4.97. The Morgan fingerprint density at radius 1 is 1.22 bits per heavy atom. The normalized spacial score (nSPS) is 28.7. The second kappa shape index (κ2) is 7.01. The molecule has 3 rings (SSSR count). The van der Waals surface area contributed by atoms with Gasteiger partial charge in [-0.25, -0.2) is 4.98 Å². The molecule has 2 aliphatic rings. The van der Waals surface area contributed by atoms with Crippen LogP contribution in [0.25, 0.3) is 0 Å². The van der Waals surface area contributed by atoms with Gasteiger partial charge in [0, 0.05) is 18.9 Å². The number of amides is 1. The molecular formula is C17H29N5O. The topological polar surface area (TPSA) is 67.4 Å². The molecule has 1 aromatic heterocycles. The van der Waals surface area contributed by atoms with Crippen molar-refractivity contribution in [3.63, 3.8) is 0 Å². The molecule has 0 aliphatic carbocycles. The summed E-state index contributed by atoms with van der Waals surface area (Å²) in [7, 11) is 2.20. The summed E-state index contributed by atoms with van der Waals surface area (Å²) >= 11 is 0. The number of carbonyl (C=O) groups excluding carboxylic acids is 1. The minimum absolute atomic E-state index is 0.0468. The molecule has 2 aliphatic heterocycles. The number of nitrogens with zero attached hydrogens (tertiary/aromatic N) is 4. The van der Waals surface area contributed by atoms with Crippen molar-refractivity contribution in [2.45, 2.75) is 44.8 Å². The maximum atomic E-state index is 12.5. The van der Waals surface area contributed by atoms with E-state index in [1.807, 2.05) is 17.4 Å². The van der Waals surface area contributed by atoms with E-state index in [0.29, 0.717) is 5.92 Å². The van der Waals surface area contributed by atoms with Gasteiger partial charge < -0.3 is 20.1 Å². The summed E-state index contributed by atoms with van der Waals surface area (Å²) in [6.07, 6.45) is 10.3. The average Bonchev–Trinajstić information content (AvgIpc) is 3.08. The smallest absolute Gasteiger partial charge is 0.240 e. The summed E-state index contributed by atoms with van der Waals surface area (Å²) < 4.78 is 2.07. The highest BCUT2D eigenvalue weighted by Gasteiger charge is 2.37. The van der Waals surface area contributed by atoms with Crippen LogP contribution in [0.1, 0.15) is 38.8 Å². The Balaban J connectivity index is 1.73. The summed E-state index contributed by atoms with van der Waals surface area (Å²) in [6, 6.07) is -0.444. The first-order valence-corrected chi connectivity index (χ1v) is 8.78. The van der Waals surface area contributed by atoms with E-state index in [4.69, 9.17) is 5.73 Å². The van der Waals surface area contributed by atoms with Gasteiger partial charge >= 0.3 is 0 Å². The van der Waals surface area contributed by atoms with Crippen LogP contribution in [0.15, 0.2) is 18.7 Å². The largest absolute Gasteiger partial charge is 0.320 e. The molecule has 2 saturated heterocycles. The Morgan fingerprint density at radius 3 is 2.52 bits per heavy atom. The van der Waals surface area contributed by atoms with Crippen molar-refractivity contribution in [3.8, 4) is 0 Å². The van der Waals surface area contributed by atoms with Crippen molar-refractivity contribution in [3.05, 3.63) is 18.7 Å². The van der Waals surface area contributed by atoms with Gasteiger partial charge in [0.25, 0.3) is 0 Å². The summed E-state index contributed by atoms with van der Waals surface area (Å²) in [5, 5.41) is 0. The Labute approximate surface area is 138 Å². The van der Waals surface area contributed by atoms with Gasteiger partial charge in [0.2, 0.25) is 5.91 Å². The van der Waals surface area contributed by atoms with Crippen molar-refractivity contribution < 1.29 is 4.79 Å². The highest BCUT2D eigenvalue weighted by Crippen LogP contribution is 2.38. The number of nitrogens with two attached hydrogens (primary N) is 1. The van der Waals surface area contributed by atoms with Crippen LogP contribution in [0.5, 0.6) is 0 Å². The minimum atomic E-state index is -0.444. The van der Waals surface area contributed by atoms with Crippen LogP contribution in [0.3, 0.4) is 0 Å². The predicted octanol–water partition coefficient (Wildman–Crippen LogP) is 1.31. The molecule has 1 aromatic rings. The summed E-state index contributed by atoms with van der Waals surface area (Å²) in [5.41, 5.74) is 5.85. The molecule has 0 radical (unpaired) electrons. The van der Waals surface area contributed by atoms with E-state index in [1.54, 1.807) is 13.1 Å². The number of imidazole rings is 1. The fraction of sp³-hybridized carbons (Fsp3) is 0.765. The number of hydrogen-bond acceptors (Lipinski definition) is 4. The lowest BCUT2D eigenvalue weighted by Crippen LogP contribution is -2.50. The monoisotopic (exact) mass is 319 g/mol. The third-order valence-electron chi connectivity index (χ3n) is 5.59. The predicted molar refractivity (Wildman–Crippen MR) is 89.6 cm³/mol. The van der Waals surface area contributed by atoms with Crippen molar-refractivity contribution in [2.75, 3.05) is 26.7 Å².